The van der Waals surface area contributed by atoms with E-state index < -0.39 is 0 Å². The number of ether oxygens (including phenoxy) is 1. The minimum Gasteiger partial charge on any atom is -0.374 e. The highest BCUT2D eigenvalue weighted by Gasteiger charge is 2.19. The van der Waals surface area contributed by atoms with E-state index in [1.54, 1.807) is 12.3 Å². The van der Waals surface area contributed by atoms with Crippen molar-refractivity contribution in [3.63, 3.8) is 0 Å². The van der Waals surface area contributed by atoms with Crippen LogP contribution in [0.25, 0.3) is 5.65 Å². The fraction of sp³-hybridized carbons (Fsp3) is 0.429. The lowest BCUT2D eigenvalue weighted by Crippen LogP contribution is -2.45. The molecule has 1 atom stereocenters. The van der Waals surface area contributed by atoms with Crippen molar-refractivity contribution in [1.82, 2.24) is 14.3 Å². The van der Waals surface area contributed by atoms with Gasteiger partial charge in [0.05, 0.1) is 18.4 Å². The number of pyridine rings is 1. The van der Waals surface area contributed by atoms with Gasteiger partial charge < -0.3 is 10.5 Å². The van der Waals surface area contributed by atoms with Crippen LogP contribution >= 0.6 is 15.9 Å². The summed E-state index contributed by atoms with van der Waals surface area (Å²) in [5.74, 6) is 0. The monoisotopic (exact) mass is 352 g/mol. The van der Waals surface area contributed by atoms with Gasteiger partial charge >= 0.3 is 0 Å². The zero-order valence-electron chi connectivity index (χ0n) is 11.5. The topological polar surface area (TPSA) is 72.9 Å². The minimum absolute atomic E-state index is 0.0660. The Morgan fingerprint density at radius 1 is 1.48 bits per heavy atom. The van der Waals surface area contributed by atoms with E-state index in [-0.39, 0.29) is 11.7 Å². The van der Waals surface area contributed by atoms with E-state index in [1.807, 2.05) is 12.1 Å². The Kier molecular flexibility index (Phi) is 4.34. The number of hydrogen-bond acceptors (Lipinski definition) is 5. The molecule has 112 valence electrons. The molecule has 1 saturated heterocycles. The van der Waals surface area contributed by atoms with E-state index in [0.29, 0.717) is 25.3 Å². The molecule has 0 spiro atoms. The smallest absolute Gasteiger partial charge is 0.258 e. The van der Waals surface area contributed by atoms with Gasteiger partial charge in [-0.15, -0.1) is 0 Å². The maximum absolute atomic E-state index is 12.2. The first-order chi connectivity index (χ1) is 10.2. The van der Waals surface area contributed by atoms with Crippen LogP contribution in [-0.4, -0.2) is 46.6 Å². The summed E-state index contributed by atoms with van der Waals surface area (Å²) >= 11 is 3.36. The predicted octanol–water partition coefficient (Wildman–Crippen LogP) is 0.616. The van der Waals surface area contributed by atoms with Crippen molar-refractivity contribution >= 4 is 21.6 Å². The van der Waals surface area contributed by atoms with E-state index in [0.717, 1.165) is 23.3 Å². The summed E-state index contributed by atoms with van der Waals surface area (Å²) < 4.78 is 7.93. The molecule has 0 saturated carbocycles. The van der Waals surface area contributed by atoms with Crippen molar-refractivity contribution in [3.05, 3.63) is 44.9 Å². The minimum atomic E-state index is -0.0695. The Labute approximate surface area is 130 Å². The van der Waals surface area contributed by atoms with Crippen molar-refractivity contribution in [2.45, 2.75) is 12.6 Å². The van der Waals surface area contributed by atoms with Crippen LogP contribution in [-0.2, 0) is 11.3 Å². The lowest BCUT2D eigenvalue weighted by molar-refractivity contribution is -0.0264. The molecule has 1 aliphatic rings. The van der Waals surface area contributed by atoms with E-state index >= 15 is 0 Å². The molecule has 2 aromatic heterocycles. The van der Waals surface area contributed by atoms with Crippen LogP contribution in [0.2, 0.25) is 0 Å². The van der Waals surface area contributed by atoms with Crippen LogP contribution in [0, 0.1) is 0 Å². The first-order valence-electron chi connectivity index (χ1n) is 6.87. The van der Waals surface area contributed by atoms with Gasteiger partial charge in [-0.3, -0.25) is 14.1 Å². The summed E-state index contributed by atoms with van der Waals surface area (Å²) in [5.41, 5.74) is 7.01. The third-order valence-corrected chi connectivity index (χ3v) is 4.02. The fourth-order valence-electron chi connectivity index (χ4n) is 2.50. The number of rotatable bonds is 3. The second kappa shape index (κ2) is 6.23. The van der Waals surface area contributed by atoms with Crippen molar-refractivity contribution in [2.24, 2.45) is 5.73 Å². The van der Waals surface area contributed by atoms with Gasteiger partial charge in [0.1, 0.15) is 5.65 Å². The molecule has 3 heterocycles. The lowest BCUT2D eigenvalue weighted by atomic mass is 10.2. The van der Waals surface area contributed by atoms with E-state index in [9.17, 15) is 4.79 Å². The molecule has 21 heavy (non-hydrogen) atoms. The van der Waals surface area contributed by atoms with Gasteiger partial charge in [0.15, 0.2) is 0 Å². The average Bonchev–Trinajstić information content (AvgIpc) is 2.48. The third kappa shape index (κ3) is 3.32. The molecule has 1 aliphatic heterocycles. The molecule has 2 N–H and O–H groups in total. The fourth-order valence-corrected chi connectivity index (χ4v) is 2.84. The van der Waals surface area contributed by atoms with Crippen LogP contribution in [0.4, 0.5) is 0 Å². The zero-order valence-corrected chi connectivity index (χ0v) is 13.1. The number of nitrogens with zero attached hydrogens (tertiary/aromatic N) is 3. The van der Waals surface area contributed by atoms with Gasteiger partial charge in [-0.05, 0) is 28.1 Å². The molecule has 1 fully saturated rings. The Bertz CT molecular complexity index is 703. The first kappa shape index (κ1) is 14.6. The molecule has 1 unspecified atom stereocenters. The molecule has 0 radical (unpaired) electrons. The van der Waals surface area contributed by atoms with Crippen LogP contribution in [0.3, 0.4) is 0 Å². The number of nitrogens with two attached hydrogens (primary N) is 1. The quantitative estimate of drug-likeness (QED) is 0.876. The van der Waals surface area contributed by atoms with Crippen molar-refractivity contribution in [3.8, 4) is 0 Å². The molecule has 0 aromatic carbocycles. The molecule has 0 amide bonds. The maximum Gasteiger partial charge on any atom is 0.258 e. The summed E-state index contributed by atoms with van der Waals surface area (Å²) in [4.78, 5) is 18.9. The van der Waals surface area contributed by atoms with Crippen molar-refractivity contribution < 1.29 is 4.74 Å². The average molecular weight is 353 g/mol. The highest BCUT2D eigenvalue weighted by molar-refractivity contribution is 9.10. The highest BCUT2D eigenvalue weighted by atomic mass is 79.9. The van der Waals surface area contributed by atoms with E-state index in [4.69, 9.17) is 10.5 Å². The third-order valence-electron chi connectivity index (χ3n) is 3.55. The Morgan fingerprint density at radius 3 is 3.14 bits per heavy atom. The van der Waals surface area contributed by atoms with E-state index in [2.05, 4.69) is 25.8 Å². The lowest BCUT2D eigenvalue weighted by Gasteiger charge is -2.31. The Morgan fingerprint density at radius 2 is 2.33 bits per heavy atom. The standard InChI is InChI=1S/C14H17BrN4O2/c15-10-1-2-13-17-11(5-14(20)19(13)7-10)8-18-3-4-21-12(6-16)9-18/h1-2,5,7,12H,3-4,6,8-9,16H2. The molecule has 7 heteroatoms. The predicted molar refractivity (Wildman–Crippen MR) is 83.2 cm³/mol. The normalized spacial score (nSPS) is 20.0. The molecule has 0 aliphatic carbocycles. The van der Waals surface area contributed by atoms with Gasteiger partial charge in [-0.1, -0.05) is 0 Å². The first-order valence-corrected chi connectivity index (χ1v) is 7.67. The van der Waals surface area contributed by atoms with Gasteiger partial charge in [-0.25, -0.2) is 4.98 Å². The molecular formula is C14H17BrN4O2. The van der Waals surface area contributed by atoms with Crippen LogP contribution in [0.15, 0.2) is 33.7 Å². The second-order valence-electron chi connectivity index (χ2n) is 5.12. The molecule has 0 bridgehead atoms. The van der Waals surface area contributed by atoms with Crippen LogP contribution in [0.5, 0.6) is 0 Å². The zero-order chi connectivity index (χ0) is 14.8. The number of aromatic nitrogens is 2. The molecular weight excluding hydrogens is 336 g/mol. The summed E-state index contributed by atoms with van der Waals surface area (Å²) in [6.45, 7) is 3.43. The van der Waals surface area contributed by atoms with Crippen molar-refractivity contribution in [1.29, 1.82) is 0 Å². The molecule has 2 aromatic rings. The SMILES string of the molecule is NCC1CN(Cc2cc(=O)n3cc(Br)ccc3n2)CCO1. The summed E-state index contributed by atoms with van der Waals surface area (Å²) in [6, 6.07) is 5.30. The van der Waals surface area contributed by atoms with Crippen LogP contribution < -0.4 is 11.3 Å². The molecule has 6 nitrogen and oxygen atoms in total. The van der Waals surface area contributed by atoms with Crippen molar-refractivity contribution in [2.75, 3.05) is 26.2 Å². The van der Waals surface area contributed by atoms with Gasteiger partial charge in [-0.2, -0.15) is 0 Å². The summed E-state index contributed by atoms with van der Waals surface area (Å²) in [7, 11) is 0. The summed E-state index contributed by atoms with van der Waals surface area (Å²) in [5, 5.41) is 0. The van der Waals surface area contributed by atoms with E-state index in [1.165, 1.54) is 4.40 Å². The second-order valence-corrected chi connectivity index (χ2v) is 6.04. The largest absolute Gasteiger partial charge is 0.374 e. The maximum atomic E-state index is 12.2. The number of morpholine rings is 1. The number of halogens is 1. The Hall–Kier alpha value is -1.28. The van der Waals surface area contributed by atoms with Crippen LogP contribution in [0.1, 0.15) is 5.69 Å². The number of hydrogen-bond donors (Lipinski definition) is 1. The highest BCUT2D eigenvalue weighted by Crippen LogP contribution is 2.11. The Balaban J connectivity index is 1.84. The number of fused-ring (bicyclic) bond motifs is 1. The summed E-state index contributed by atoms with van der Waals surface area (Å²) in [6.07, 6.45) is 1.80. The van der Waals surface area contributed by atoms with Gasteiger partial charge in [0.2, 0.25) is 0 Å². The van der Waals surface area contributed by atoms with Gasteiger partial charge in [0, 0.05) is 42.9 Å². The molecule has 3 rings (SSSR count). The van der Waals surface area contributed by atoms with Gasteiger partial charge in [0.25, 0.3) is 5.56 Å².